The molecule has 0 saturated heterocycles. The summed E-state index contributed by atoms with van der Waals surface area (Å²) in [4.78, 5) is 15.1. The first kappa shape index (κ1) is 15.1. The van der Waals surface area contributed by atoms with Gasteiger partial charge in [0.05, 0.1) is 16.5 Å². The number of nitro benzene ring substituents is 1. The van der Waals surface area contributed by atoms with Crippen LogP contribution in [0.15, 0.2) is 55.0 Å². The summed E-state index contributed by atoms with van der Waals surface area (Å²) >= 11 is 0. The number of nitrogens with one attached hydrogen (secondary N) is 2. The van der Waals surface area contributed by atoms with E-state index in [0.717, 1.165) is 11.1 Å². The van der Waals surface area contributed by atoms with Gasteiger partial charge >= 0.3 is 0 Å². The van der Waals surface area contributed by atoms with Gasteiger partial charge in [-0.3, -0.25) is 26.1 Å². The highest BCUT2D eigenvalue weighted by molar-refractivity contribution is 5.77. The molecule has 118 valence electrons. The first-order valence-corrected chi connectivity index (χ1v) is 7.16. The predicted octanol–water partition coefficient (Wildman–Crippen LogP) is 1.90. The van der Waals surface area contributed by atoms with Gasteiger partial charge in [0.25, 0.3) is 5.69 Å². The van der Waals surface area contributed by atoms with Gasteiger partial charge in [-0.25, -0.2) is 0 Å². The van der Waals surface area contributed by atoms with Crippen LogP contribution in [0.5, 0.6) is 0 Å². The molecule has 1 aromatic carbocycles. The summed E-state index contributed by atoms with van der Waals surface area (Å²) in [7, 11) is 0. The van der Waals surface area contributed by atoms with Crippen molar-refractivity contribution in [2.24, 2.45) is 5.73 Å². The minimum atomic E-state index is -0.826. The van der Waals surface area contributed by atoms with E-state index in [1.165, 1.54) is 6.07 Å². The molecular weight excluding hydrogens is 294 g/mol. The van der Waals surface area contributed by atoms with Gasteiger partial charge in [0.2, 0.25) is 0 Å². The number of pyridine rings is 1. The average Bonchev–Trinajstić information content (AvgIpc) is 2.55. The van der Waals surface area contributed by atoms with E-state index in [9.17, 15) is 10.1 Å². The maximum Gasteiger partial charge on any atom is 0.276 e. The number of nitrogens with zero attached hydrogens (tertiary/aromatic N) is 2. The Balaban J connectivity index is 2.12. The first-order valence-electron chi connectivity index (χ1n) is 7.16. The largest absolute Gasteiger partial charge is 0.361 e. The van der Waals surface area contributed by atoms with Gasteiger partial charge in [-0.15, -0.1) is 0 Å². The number of hydrogen-bond acceptors (Lipinski definition) is 6. The summed E-state index contributed by atoms with van der Waals surface area (Å²) in [5.41, 5.74) is 8.35. The monoisotopic (exact) mass is 311 g/mol. The molecule has 3 rings (SSSR count). The van der Waals surface area contributed by atoms with Gasteiger partial charge in [-0.05, 0) is 24.6 Å². The SMILES string of the molecule is CC1(N)NC=C(c2ccccc2[N+](=O)[O-])C(c2cccnc2)N1. The maximum atomic E-state index is 11.3. The molecule has 2 aromatic rings. The van der Waals surface area contributed by atoms with E-state index in [-0.39, 0.29) is 16.7 Å². The van der Waals surface area contributed by atoms with Crippen molar-refractivity contribution in [2.45, 2.75) is 18.8 Å². The van der Waals surface area contributed by atoms with Crippen LogP contribution in [0.25, 0.3) is 5.57 Å². The topological polar surface area (TPSA) is 106 Å². The molecular formula is C16H17N5O2. The van der Waals surface area contributed by atoms with E-state index < -0.39 is 5.79 Å². The second kappa shape index (κ2) is 5.79. The Hall–Kier alpha value is -2.77. The van der Waals surface area contributed by atoms with Crippen LogP contribution in [0.1, 0.15) is 24.1 Å². The molecule has 0 spiro atoms. The van der Waals surface area contributed by atoms with Crippen molar-refractivity contribution in [1.82, 2.24) is 15.6 Å². The number of benzene rings is 1. The lowest BCUT2D eigenvalue weighted by atomic mass is 9.91. The molecule has 2 unspecified atom stereocenters. The maximum absolute atomic E-state index is 11.3. The van der Waals surface area contributed by atoms with Crippen LogP contribution < -0.4 is 16.4 Å². The fraction of sp³-hybridized carbons (Fsp3) is 0.188. The Morgan fingerprint density at radius 3 is 2.78 bits per heavy atom. The van der Waals surface area contributed by atoms with Crippen LogP contribution in [0, 0.1) is 10.1 Å². The number of nitrogens with two attached hydrogens (primary N) is 1. The van der Waals surface area contributed by atoms with Gasteiger partial charge in [-0.1, -0.05) is 18.2 Å². The molecule has 4 N–H and O–H groups in total. The third-order valence-electron chi connectivity index (χ3n) is 3.71. The quantitative estimate of drug-likeness (QED) is 0.590. The van der Waals surface area contributed by atoms with Crippen molar-refractivity contribution >= 4 is 11.3 Å². The molecule has 0 aliphatic carbocycles. The summed E-state index contributed by atoms with van der Waals surface area (Å²) < 4.78 is 0. The van der Waals surface area contributed by atoms with Crippen molar-refractivity contribution in [3.63, 3.8) is 0 Å². The van der Waals surface area contributed by atoms with Crippen LogP contribution in [0.4, 0.5) is 5.69 Å². The third kappa shape index (κ3) is 3.05. The van der Waals surface area contributed by atoms with E-state index in [4.69, 9.17) is 5.73 Å². The molecule has 0 bridgehead atoms. The molecule has 23 heavy (non-hydrogen) atoms. The molecule has 1 aliphatic heterocycles. The summed E-state index contributed by atoms with van der Waals surface area (Å²) in [6.07, 6.45) is 5.14. The molecule has 0 saturated carbocycles. The van der Waals surface area contributed by atoms with E-state index in [1.807, 2.05) is 12.1 Å². The van der Waals surface area contributed by atoms with E-state index >= 15 is 0 Å². The molecule has 2 atom stereocenters. The van der Waals surface area contributed by atoms with Crippen molar-refractivity contribution in [1.29, 1.82) is 0 Å². The summed E-state index contributed by atoms with van der Waals surface area (Å²) in [6, 6.07) is 10.1. The fourth-order valence-electron chi connectivity index (χ4n) is 2.65. The van der Waals surface area contributed by atoms with Crippen LogP contribution in [-0.4, -0.2) is 15.7 Å². The van der Waals surface area contributed by atoms with Gasteiger partial charge in [0.15, 0.2) is 0 Å². The summed E-state index contributed by atoms with van der Waals surface area (Å²) in [5, 5.41) is 17.6. The predicted molar refractivity (Wildman–Crippen MR) is 86.9 cm³/mol. The second-order valence-corrected chi connectivity index (χ2v) is 5.58. The van der Waals surface area contributed by atoms with Crippen LogP contribution in [-0.2, 0) is 0 Å². The molecule has 1 aliphatic rings. The van der Waals surface area contributed by atoms with Crippen molar-refractivity contribution < 1.29 is 4.92 Å². The Labute approximate surface area is 133 Å². The molecule has 7 heteroatoms. The lowest BCUT2D eigenvalue weighted by Gasteiger charge is -2.38. The smallest absolute Gasteiger partial charge is 0.276 e. The number of para-hydroxylation sites is 1. The van der Waals surface area contributed by atoms with Crippen LogP contribution in [0.2, 0.25) is 0 Å². The normalized spacial score (nSPS) is 23.7. The lowest BCUT2D eigenvalue weighted by Crippen LogP contribution is -2.63. The van der Waals surface area contributed by atoms with Gasteiger partial charge in [0.1, 0.15) is 5.79 Å². The fourth-order valence-corrected chi connectivity index (χ4v) is 2.65. The Bertz CT molecular complexity index is 758. The first-order chi connectivity index (χ1) is 11.0. The molecule has 0 amide bonds. The zero-order valence-corrected chi connectivity index (χ0v) is 12.6. The Morgan fingerprint density at radius 1 is 1.30 bits per heavy atom. The van der Waals surface area contributed by atoms with Crippen molar-refractivity contribution in [2.75, 3.05) is 0 Å². The minimum Gasteiger partial charge on any atom is -0.361 e. The van der Waals surface area contributed by atoms with Crippen LogP contribution in [0.3, 0.4) is 0 Å². The second-order valence-electron chi connectivity index (χ2n) is 5.58. The zero-order chi connectivity index (χ0) is 16.4. The molecule has 0 fully saturated rings. The minimum absolute atomic E-state index is 0.0527. The van der Waals surface area contributed by atoms with E-state index in [0.29, 0.717) is 5.56 Å². The lowest BCUT2D eigenvalue weighted by molar-refractivity contribution is -0.385. The summed E-state index contributed by atoms with van der Waals surface area (Å²) in [6.45, 7) is 1.79. The average molecular weight is 311 g/mol. The zero-order valence-electron chi connectivity index (χ0n) is 12.6. The number of rotatable bonds is 3. The molecule has 2 heterocycles. The standard InChI is InChI=1S/C16H17N5O2/c1-16(17)19-10-13(12-6-2-3-7-14(12)21(22)23)15(20-16)11-5-4-8-18-9-11/h2-10,15,19-20H,17H2,1H3. The number of nitro groups is 1. The Morgan fingerprint density at radius 2 is 2.09 bits per heavy atom. The Kier molecular flexibility index (Phi) is 3.81. The molecule has 7 nitrogen and oxygen atoms in total. The van der Waals surface area contributed by atoms with Crippen molar-refractivity contribution in [3.05, 3.63) is 76.2 Å². The number of aromatic nitrogens is 1. The highest BCUT2D eigenvalue weighted by Crippen LogP contribution is 2.36. The van der Waals surface area contributed by atoms with Crippen LogP contribution >= 0.6 is 0 Å². The molecule has 0 radical (unpaired) electrons. The van der Waals surface area contributed by atoms with Crippen molar-refractivity contribution in [3.8, 4) is 0 Å². The van der Waals surface area contributed by atoms with Gasteiger partial charge < -0.3 is 5.32 Å². The highest BCUT2D eigenvalue weighted by Gasteiger charge is 2.33. The van der Waals surface area contributed by atoms with E-state index in [2.05, 4.69) is 15.6 Å². The summed E-state index contributed by atoms with van der Waals surface area (Å²) in [5.74, 6) is -0.826. The van der Waals surface area contributed by atoms with E-state index in [1.54, 1.807) is 43.7 Å². The molecule has 1 aromatic heterocycles. The van der Waals surface area contributed by atoms with Gasteiger partial charge in [0, 0.05) is 30.2 Å². The highest BCUT2D eigenvalue weighted by atomic mass is 16.6. The van der Waals surface area contributed by atoms with Gasteiger partial charge in [-0.2, -0.15) is 0 Å². The number of hydrogen-bond donors (Lipinski definition) is 3. The third-order valence-corrected chi connectivity index (χ3v) is 3.71.